The van der Waals surface area contributed by atoms with E-state index in [9.17, 15) is 4.79 Å². The van der Waals surface area contributed by atoms with Gasteiger partial charge in [0.05, 0.1) is 6.07 Å². The maximum absolute atomic E-state index is 11.8. The summed E-state index contributed by atoms with van der Waals surface area (Å²) in [5.74, 6) is 0.514. The van der Waals surface area contributed by atoms with Crippen molar-refractivity contribution in [2.75, 3.05) is 19.8 Å². The molecule has 1 amide bonds. The van der Waals surface area contributed by atoms with E-state index in [1.54, 1.807) is 0 Å². The number of nitrogens with one attached hydrogen (secondary N) is 1. The van der Waals surface area contributed by atoms with Crippen LogP contribution in [-0.2, 0) is 9.53 Å². The molecule has 88 valence electrons. The Balaban J connectivity index is 1.69. The van der Waals surface area contributed by atoms with Crippen LogP contribution in [0.5, 0.6) is 0 Å². The number of carbonyl (C=O) groups is 1. The molecule has 4 nitrogen and oxygen atoms in total. The van der Waals surface area contributed by atoms with Gasteiger partial charge in [-0.2, -0.15) is 5.26 Å². The molecule has 1 heterocycles. The van der Waals surface area contributed by atoms with Crippen LogP contribution in [0.1, 0.15) is 32.1 Å². The lowest BCUT2D eigenvalue weighted by Gasteiger charge is -2.33. The quantitative estimate of drug-likeness (QED) is 0.778. The van der Waals surface area contributed by atoms with Gasteiger partial charge in [0.1, 0.15) is 5.41 Å². The van der Waals surface area contributed by atoms with Crippen molar-refractivity contribution < 1.29 is 9.53 Å². The molecule has 0 aromatic heterocycles. The number of carbonyl (C=O) groups excluding carboxylic acids is 1. The molecule has 1 saturated heterocycles. The molecule has 0 aromatic rings. The van der Waals surface area contributed by atoms with E-state index in [-0.39, 0.29) is 5.91 Å². The summed E-state index contributed by atoms with van der Waals surface area (Å²) >= 11 is 0. The fourth-order valence-electron chi connectivity index (χ4n) is 2.29. The summed E-state index contributed by atoms with van der Waals surface area (Å²) in [5, 5.41) is 11.9. The second-order valence-electron chi connectivity index (χ2n) is 4.82. The fourth-order valence-corrected chi connectivity index (χ4v) is 2.29. The maximum atomic E-state index is 11.8. The van der Waals surface area contributed by atoms with E-state index in [4.69, 9.17) is 10.00 Å². The summed E-state index contributed by atoms with van der Waals surface area (Å²) in [5.41, 5.74) is -0.702. The van der Waals surface area contributed by atoms with Gasteiger partial charge in [-0.05, 0) is 38.0 Å². The Morgan fingerprint density at radius 3 is 2.88 bits per heavy atom. The monoisotopic (exact) mass is 222 g/mol. The smallest absolute Gasteiger partial charge is 0.240 e. The number of nitriles is 1. The Labute approximate surface area is 96.0 Å². The van der Waals surface area contributed by atoms with Gasteiger partial charge in [-0.15, -0.1) is 0 Å². The van der Waals surface area contributed by atoms with Gasteiger partial charge in [0.15, 0.2) is 0 Å². The average Bonchev–Trinajstić information content (AvgIpc) is 2.70. The second-order valence-corrected chi connectivity index (χ2v) is 4.82. The van der Waals surface area contributed by atoms with Crippen molar-refractivity contribution in [3.63, 3.8) is 0 Å². The van der Waals surface area contributed by atoms with Gasteiger partial charge >= 0.3 is 0 Å². The average molecular weight is 222 g/mol. The molecule has 1 saturated carbocycles. The summed E-state index contributed by atoms with van der Waals surface area (Å²) in [4.78, 5) is 11.8. The first kappa shape index (κ1) is 11.4. The van der Waals surface area contributed by atoms with Gasteiger partial charge in [0.2, 0.25) is 5.91 Å². The predicted molar refractivity (Wildman–Crippen MR) is 58.4 cm³/mol. The molecule has 16 heavy (non-hydrogen) atoms. The van der Waals surface area contributed by atoms with Gasteiger partial charge in [-0.3, -0.25) is 4.79 Å². The van der Waals surface area contributed by atoms with Crippen LogP contribution in [0.4, 0.5) is 0 Å². The van der Waals surface area contributed by atoms with Crippen LogP contribution in [0.15, 0.2) is 0 Å². The molecule has 0 aromatic carbocycles. The highest BCUT2D eigenvalue weighted by molar-refractivity contribution is 5.86. The lowest BCUT2D eigenvalue weighted by atomic mass is 9.69. The Hall–Kier alpha value is -1.08. The van der Waals surface area contributed by atoms with E-state index in [0.717, 1.165) is 45.3 Å². The van der Waals surface area contributed by atoms with Crippen LogP contribution >= 0.6 is 0 Å². The lowest BCUT2D eigenvalue weighted by Crippen LogP contribution is -2.45. The first-order chi connectivity index (χ1) is 7.77. The van der Waals surface area contributed by atoms with Gasteiger partial charge in [0, 0.05) is 19.8 Å². The molecule has 1 N–H and O–H groups in total. The highest BCUT2D eigenvalue weighted by Crippen LogP contribution is 2.40. The standard InChI is InChI=1S/C12H18N2O2/c13-9-12(4-1-5-12)11(15)14-6-2-10-3-7-16-8-10/h10H,1-8H2,(H,14,15). The number of ether oxygens (including phenoxy) is 1. The van der Waals surface area contributed by atoms with E-state index >= 15 is 0 Å². The van der Waals surface area contributed by atoms with Crippen LogP contribution in [0.25, 0.3) is 0 Å². The summed E-state index contributed by atoms with van der Waals surface area (Å²) in [6, 6.07) is 2.16. The van der Waals surface area contributed by atoms with Crippen LogP contribution < -0.4 is 5.32 Å². The van der Waals surface area contributed by atoms with Crippen molar-refractivity contribution in [3.8, 4) is 6.07 Å². The Kier molecular flexibility index (Phi) is 3.45. The number of amides is 1. The maximum Gasteiger partial charge on any atom is 0.240 e. The minimum atomic E-state index is -0.702. The van der Waals surface area contributed by atoms with E-state index < -0.39 is 5.41 Å². The number of hydrogen-bond acceptors (Lipinski definition) is 3. The van der Waals surface area contributed by atoms with Crippen LogP contribution in [-0.4, -0.2) is 25.7 Å². The molecule has 2 fully saturated rings. The van der Waals surface area contributed by atoms with Crippen molar-refractivity contribution in [2.45, 2.75) is 32.1 Å². The van der Waals surface area contributed by atoms with Crippen molar-refractivity contribution >= 4 is 5.91 Å². The zero-order valence-electron chi connectivity index (χ0n) is 9.50. The van der Waals surface area contributed by atoms with Gasteiger partial charge in [-0.25, -0.2) is 0 Å². The SMILES string of the molecule is N#CC1(C(=O)NCCC2CCOC2)CCC1. The molecule has 2 aliphatic rings. The molecule has 1 aliphatic heterocycles. The summed E-state index contributed by atoms with van der Waals surface area (Å²) in [7, 11) is 0. The van der Waals surface area contributed by atoms with E-state index in [1.165, 1.54) is 0 Å². The van der Waals surface area contributed by atoms with Gasteiger partial charge in [-0.1, -0.05) is 0 Å². The van der Waals surface area contributed by atoms with Gasteiger partial charge < -0.3 is 10.1 Å². The Morgan fingerprint density at radius 1 is 1.56 bits per heavy atom. The number of hydrogen-bond donors (Lipinski definition) is 1. The molecule has 4 heteroatoms. The highest BCUT2D eigenvalue weighted by Gasteiger charge is 2.44. The molecular weight excluding hydrogens is 204 g/mol. The number of nitrogens with zero attached hydrogens (tertiary/aromatic N) is 1. The van der Waals surface area contributed by atoms with E-state index in [0.29, 0.717) is 12.5 Å². The molecule has 1 atom stereocenters. The third-order valence-electron chi connectivity index (χ3n) is 3.72. The summed E-state index contributed by atoms with van der Waals surface area (Å²) < 4.78 is 5.27. The first-order valence-electron chi connectivity index (χ1n) is 6.04. The highest BCUT2D eigenvalue weighted by atomic mass is 16.5. The topological polar surface area (TPSA) is 62.1 Å². The van der Waals surface area contributed by atoms with Crippen LogP contribution in [0.2, 0.25) is 0 Å². The molecule has 2 rings (SSSR count). The first-order valence-corrected chi connectivity index (χ1v) is 6.04. The fraction of sp³-hybridized carbons (Fsp3) is 0.833. The van der Waals surface area contributed by atoms with Gasteiger partial charge in [0.25, 0.3) is 0 Å². The van der Waals surface area contributed by atoms with Crippen molar-refractivity contribution in [1.82, 2.24) is 5.32 Å². The minimum Gasteiger partial charge on any atom is -0.381 e. The van der Waals surface area contributed by atoms with Crippen LogP contribution in [0.3, 0.4) is 0 Å². The predicted octanol–water partition coefficient (Wildman–Crippen LogP) is 1.22. The largest absolute Gasteiger partial charge is 0.381 e. The molecule has 1 aliphatic carbocycles. The summed E-state index contributed by atoms with van der Waals surface area (Å²) in [6.07, 6.45) is 4.51. The molecule has 0 spiro atoms. The Bertz CT molecular complexity index is 299. The van der Waals surface area contributed by atoms with Crippen molar-refractivity contribution in [2.24, 2.45) is 11.3 Å². The zero-order chi connectivity index (χ0) is 11.4. The second kappa shape index (κ2) is 4.84. The summed E-state index contributed by atoms with van der Waals surface area (Å²) in [6.45, 7) is 2.34. The van der Waals surface area contributed by atoms with Crippen molar-refractivity contribution in [1.29, 1.82) is 5.26 Å². The normalized spacial score (nSPS) is 26.8. The molecule has 1 unspecified atom stereocenters. The minimum absolute atomic E-state index is 0.0693. The van der Waals surface area contributed by atoms with E-state index in [1.807, 2.05) is 0 Å². The third kappa shape index (κ3) is 2.19. The number of rotatable bonds is 4. The molecular formula is C12H18N2O2. The zero-order valence-corrected chi connectivity index (χ0v) is 9.50. The molecule has 0 bridgehead atoms. The Morgan fingerprint density at radius 2 is 2.38 bits per heavy atom. The van der Waals surface area contributed by atoms with Crippen LogP contribution in [0, 0.1) is 22.7 Å². The van der Waals surface area contributed by atoms with Crippen molar-refractivity contribution in [3.05, 3.63) is 0 Å². The van der Waals surface area contributed by atoms with E-state index in [2.05, 4.69) is 11.4 Å². The third-order valence-corrected chi connectivity index (χ3v) is 3.72. The lowest BCUT2D eigenvalue weighted by molar-refractivity contribution is -0.131. The molecule has 0 radical (unpaired) electrons.